The minimum atomic E-state index is -0.621. The van der Waals surface area contributed by atoms with Crippen molar-refractivity contribution >= 4 is 5.91 Å². The van der Waals surface area contributed by atoms with Crippen LogP contribution in [-0.2, 0) is 17.9 Å². The highest BCUT2D eigenvalue weighted by Crippen LogP contribution is 2.21. The first-order valence-corrected chi connectivity index (χ1v) is 8.64. The Kier molecular flexibility index (Phi) is 5.61. The number of aromatic nitrogens is 2. The Morgan fingerprint density at radius 2 is 2.12 bits per heavy atom. The number of benzene rings is 1. The normalized spacial score (nSPS) is 18.4. The van der Waals surface area contributed by atoms with Gasteiger partial charge in [-0.15, -0.1) is 0 Å². The highest BCUT2D eigenvalue weighted by Gasteiger charge is 2.26. The van der Waals surface area contributed by atoms with Crippen molar-refractivity contribution in [3.63, 3.8) is 0 Å². The van der Waals surface area contributed by atoms with Crippen molar-refractivity contribution in [3.05, 3.63) is 46.8 Å². The van der Waals surface area contributed by atoms with Crippen LogP contribution < -0.4 is 0 Å². The molecule has 1 aliphatic heterocycles. The van der Waals surface area contributed by atoms with Gasteiger partial charge in [0.25, 0.3) is 0 Å². The lowest BCUT2D eigenvalue weighted by molar-refractivity contribution is -0.131. The molecule has 0 spiro atoms. The van der Waals surface area contributed by atoms with Crippen molar-refractivity contribution in [2.45, 2.75) is 45.3 Å². The van der Waals surface area contributed by atoms with Gasteiger partial charge >= 0.3 is 0 Å². The van der Waals surface area contributed by atoms with Gasteiger partial charge in [-0.25, -0.2) is 13.4 Å². The molecule has 1 saturated heterocycles. The summed E-state index contributed by atoms with van der Waals surface area (Å²) < 4.78 is 31.7. The van der Waals surface area contributed by atoms with Crippen LogP contribution in [0, 0.1) is 18.6 Å². The third-order valence-electron chi connectivity index (χ3n) is 4.92. The molecule has 1 aliphatic rings. The van der Waals surface area contributed by atoms with Crippen LogP contribution >= 0.6 is 0 Å². The summed E-state index contributed by atoms with van der Waals surface area (Å²) in [6.07, 6.45) is 1.89. The fourth-order valence-electron chi connectivity index (χ4n) is 3.24. The van der Waals surface area contributed by atoms with E-state index in [4.69, 9.17) is 4.63 Å². The van der Waals surface area contributed by atoms with E-state index in [-0.39, 0.29) is 18.5 Å². The maximum Gasteiger partial charge on any atom is 0.222 e. The van der Waals surface area contributed by atoms with Gasteiger partial charge in [0.05, 0.1) is 0 Å². The van der Waals surface area contributed by atoms with Gasteiger partial charge in [-0.1, -0.05) is 16.4 Å². The van der Waals surface area contributed by atoms with Gasteiger partial charge in [0.15, 0.2) is 0 Å². The quantitative estimate of drug-likeness (QED) is 0.816. The van der Waals surface area contributed by atoms with E-state index in [0.29, 0.717) is 25.1 Å². The van der Waals surface area contributed by atoms with Crippen LogP contribution in [-0.4, -0.2) is 45.7 Å². The molecule has 6 nitrogen and oxygen atoms in total. The standard InChI is InChI=1S/C18H22F2N4O2/c1-12-17(22-26-21-12)11-23(2)15-5-6-18(25)24(8-7-15)10-13-3-4-14(19)9-16(13)20/h3-4,9,15H,5-8,10-11H2,1-2H3/t15-/m1/s1. The van der Waals surface area contributed by atoms with E-state index in [1.165, 1.54) is 12.1 Å². The molecule has 1 atom stereocenters. The number of nitrogens with zero attached hydrogens (tertiary/aromatic N) is 4. The smallest absolute Gasteiger partial charge is 0.222 e. The van der Waals surface area contributed by atoms with Gasteiger partial charge in [0.2, 0.25) is 5.91 Å². The van der Waals surface area contributed by atoms with E-state index in [9.17, 15) is 13.6 Å². The van der Waals surface area contributed by atoms with E-state index >= 15 is 0 Å². The lowest BCUT2D eigenvalue weighted by atomic mass is 10.1. The number of aryl methyl sites for hydroxylation is 1. The van der Waals surface area contributed by atoms with E-state index in [2.05, 4.69) is 15.2 Å². The summed E-state index contributed by atoms with van der Waals surface area (Å²) in [5.41, 5.74) is 1.87. The molecule has 0 saturated carbocycles. The minimum Gasteiger partial charge on any atom is -0.338 e. The number of hydrogen-bond donors (Lipinski definition) is 0. The molecule has 0 N–H and O–H groups in total. The summed E-state index contributed by atoms with van der Waals surface area (Å²) in [7, 11) is 1.98. The molecular formula is C18H22F2N4O2. The predicted molar refractivity (Wildman–Crippen MR) is 89.9 cm³/mol. The molecule has 1 aromatic heterocycles. The Bertz CT molecular complexity index is 780. The largest absolute Gasteiger partial charge is 0.338 e. The molecule has 1 amide bonds. The van der Waals surface area contributed by atoms with Crippen molar-refractivity contribution in [1.82, 2.24) is 20.1 Å². The van der Waals surface area contributed by atoms with E-state index in [0.717, 1.165) is 30.3 Å². The van der Waals surface area contributed by atoms with Crippen LogP contribution in [0.1, 0.15) is 36.2 Å². The fourth-order valence-corrected chi connectivity index (χ4v) is 3.24. The maximum absolute atomic E-state index is 13.9. The summed E-state index contributed by atoms with van der Waals surface area (Å²) in [5.74, 6) is -1.25. The van der Waals surface area contributed by atoms with Crippen LogP contribution in [0.15, 0.2) is 22.8 Å². The number of likely N-dealkylation sites (tertiary alicyclic amines) is 1. The molecule has 2 heterocycles. The van der Waals surface area contributed by atoms with Crippen molar-refractivity contribution in [2.75, 3.05) is 13.6 Å². The molecule has 26 heavy (non-hydrogen) atoms. The zero-order valence-electron chi connectivity index (χ0n) is 14.9. The van der Waals surface area contributed by atoms with Gasteiger partial charge in [-0.3, -0.25) is 9.69 Å². The molecule has 0 radical (unpaired) electrons. The average molecular weight is 364 g/mol. The van der Waals surface area contributed by atoms with Crippen LogP contribution in [0.5, 0.6) is 0 Å². The Morgan fingerprint density at radius 1 is 1.31 bits per heavy atom. The molecule has 1 aromatic carbocycles. The first-order valence-electron chi connectivity index (χ1n) is 8.64. The van der Waals surface area contributed by atoms with Crippen LogP contribution in [0.4, 0.5) is 8.78 Å². The summed E-state index contributed by atoms with van der Waals surface area (Å²) >= 11 is 0. The summed E-state index contributed by atoms with van der Waals surface area (Å²) in [4.78, 5) is 16.2. The molecule has 8 heteroatoms. The number of carbonyl (C=O) groups excluding carboxylic acids is 1. The molecule has 3 rings (SSSR count). The first-order chi connectivity index (χ1) is 12.4. The maximum atomic E-state index is 13.9. The van der Waals surface area contributed by atoms with Crippen LogP contribution in [0.2, 0.25) is 0 Å². The fraction of sp³-hybridized carbons (Fsp3) is 0.500. The predicted octanol–water partition coefficient (Wildman–Crippen LogP) is 2.67. The Balaban J connectivity index is 1.62. The molecule has 0 unspecified atom stereocenters. The van der Waals surface area contributed by atoms with E-state index < -0.39 is 11.6 Å². The average Bonchev–Trinajstić information content (AvgIpc) is 2.90. The van der Waals surface area contributed by atoms with Crippen molar-refractivity contribution in [3.8, 4) is 0 Å². The second kappa shape index (κ2) is 7.90. The number of carbonyl (C=O) groups is 1. The second-order valence-corrected chi connectivity index (χ2v) is 6.74. The third-order valence-corrected chi connectivity index (χ3v) is 4.92. The van der Waals surface area contributed by atoms with Crippen LogP contribution in [0.25, 0.3) is 0 Å². The molecule has 140 valence electrons. The van der Waals surface area contributed by atoms with E-state index in [1.807, 2.05) is 14.0 Å². The highest BCUT2D eigenvalue weighted by molar-refractivity contribution is 5.76. The van der Waals surface area contributed by atoms with E-state index in [1.54, 1.807) is 4.90 Å². The molecular weight excluding hydrogens is 342 g/mol. The summed E-state index contributed by atoms with van der Waals surface area (Å²) in [6.45, 7) is 3.13. The zero-order chi connectivity index (χ0) is 18.7. The second-order valence-electron chi connectivity index (χ2n) is 6.74. The lowest BCUT2D eigenvalue weighted by Crippen LogP contribution is -2.33. The summed E-state index contributed by atoms with van der Waals surface area (Å²) in [5, 5.41) is 7.68. The SMILES string of the molecule is Cc1nonc1CN(C)[C@@H]1CCC(=O)N(Cc2ccc(F)cc2F)CC1. The van der Waals surface area contributed by atoms with Gasteiger partial charge < -0.3 is 4.90 Å². The monoisotopic (exact) mass is 364 g/mol. The van der Waals surface area contributed by atoms with Crippen molar-refractivity contribution < 1.29 is 18.2 Å². The topological polar surface area (TPSA) is 62.5 Å². The summed E-state index contributed by atoms with van der Waals surface area (Å²) in [6, 6.07) is 3.67. The number of amides is 1. The Hall–Kier alpha value is -2.35. The number of halogens is 2. The molecule has 0 aliphatic carbocycles. The van der Waals surface area contributed by atoms with Crippen LogP contribution in [0.3, 0.4) is 0 Å². The van der Waals surface area contributed by atoms with Crippen molar-refractivity contribution in [2.24, 2.45) is 0 Å². The number of hydrogen-bond acceptors (Lipinski definition) is 5. The molecule has 1 fully saturated rings. The third kappa shape index (κ3) is 4.24. The zero-order valence-corrected chi connectivity index (χ0v) is 14.9. The van der Waals surface area contributed by atoms with Gasteiger partial charge in [-0.05, 0) is 32.9 Å². The Labute approximate surface area is 150 Å². The molecule has 0 bridgehead atoms. The lowest BCUT2D eigenvalue weighted by Gasteiger charge is -2.26. The minimum absolute atomic E-state index is 0.0103. The van der Waals surface area contributed by atoms with Crippen molar-refractivity contribution in [1.29, 1.82) is 0 Å². The van der Waals surface area contributed by atoms with Gasteiger partial charge in [-0.2, -0.15) is 0 Å². The first kappa shape index (κ1) is 18.4. The van der Waals surface area contributed by atoms with Gasteiger partial charge in [0, 0.05) is 43.7 Å². The number of rotatable bonds is 5. The Morgan fingerprint density at radius 3 is 2.81 bits per heavy atom. The molecule has 2 aromatic rings. The van der Waals surface area contributed by atoms with Gasteiger partial charge in [0.1, 0.15) is 23.0 Å². The highest BCUT2D eigenvalue weighted by atomic mass is 19.1.